The molecule has 2 aliphatic rings. The lowest BCUT2D eigenvalue weighted by molar-refractivity contribution is -0.0171. The highest BCUT2D eigenvalue weighted by molar-refractivity contribution is 5.59. The van der Waals surface area contributed by atoms with Crippen molar-refractivity contribution < 1.29 is 5.11 Å². The molecule has 0 spiro atoms. The molecule has 1 aromatic rings. The van der Waals surface area contributed by atoms with Crippen LogP contribution in [0.4, 0.5) is 5.69 Å². The summed E-state index contributed by atoms with van der Waals surface area (Å²) < 4.78 is 0. The van der Waals surface area contributed by atoms with Gasteiger partial charge in [0.05, 0.1) is 5.60 Å². The third-order valence-electron chi connectivity index (χ3n) is 4.56. The summed E-state index contributed by atoms with van der Waals surface area (Å²) >= 11 is 0. The van der Waals surface area contributed by atoms with E-state index in [1.807, 2.05) is 0 Å². The normalized spacial score (nSPS) is 31.5. The molecule has 1 N–H and O–H groups in total. The summed E-state index contributed by atoms with van der Waals surface area (Å²) in [6.07, 6.45) is 3.11. The van der Waals surface area contributed by atoms with Crippen LogP contribution < -0.4 is 4.90 Å². The van der Waals surface area contributed by atoms with Crippen LogP contribution in [0.15, 0.2) is 24.3 Å². The van der Waals surface area contributed by atoms with E-state index in [1.54, 1.807) is 0 Å². The molecule has 3 heteroatoms. The highest BCUT2D eigenvalue weighted by atomic mass is 16.3. The number of hydrogen-bond donors (Lipinski definition) is 1. The highest BCUT2D eigenvalue weighted by Gasteiger charge is 2.37. The topological polar surface area (TPSA) is 26.7 Å². The standard InChI is InChI=1S/C16H24N2O/c1-13-10-14-6-3-4-7-15(14)18(13)12-16(19)8-5-9-17(2)11-16/h3-4,6-7,13,19H,5,8-12H2,1-2H3/t13-,16-/m0/s1. The third-order valence-corrected chi connectivity index (χ3v) is 4.56. The second-order valence-corrected chi connectivity index (χ2v) is 6.38. The number of benzene rings is 1. The van der Waals surface area contributed by atoms with Crippen molar-refractivity contribution in [2.24, 2.45) is 0 Å². The van der Waals surface area contributed by atoms with Crippen LogP contribution >= 0.6 is 0 Å². The van der Waals surface area contributed by atoms with E-state index in [4.69, 9.17) is 0 Å². The van der Waals surface area contributed by atoms with Crippen molar-refractivity contribution in [3.8, 4) is 0 Å². The quantitative estimate of drug-likeness (QED) is 0.880. The highest BCUT2D eigenvalue weighted by Crippen LogP contribution is 2.34. The fraction of sp³-hybridized carbons (Fsp3) is 0.625. The van der Waals surface area contributed by atoms with Crippen LogP contribution in [0, 0.1) is 0 Å². The number of anilines is 1. The Hall–Kier alpha value is -1.06. The summed E-state index contributed by atoms with van der Waals surface area (Å²) in [5.41, 5.74) is 2.18. The lowest BCUT2D eigenvalue weighted by Gasteiger charge is -2.41. The van der Waals surface area contributed by atoms with Gasteiger partial charge in [0.15, 0.2) is 0 Å². The zero-order chi connectivity index (χ0) is 13.5. The van der Waals surface area contributed by atoms with Gasteiger partial charge < -0.3 is 14.9 Å². The molecule has 0 amide bonds. The first-order chi connectivity index (χ1) is 9.07. The maximum atomic E-state index is 10.9. The van der Waals surface area contributed by atoms with Crippen LogP contribution in [0.2, 0.25) is 0 Å². The van der Waals surface area contributed by atoms with E-state index in [9.17, 15) is 5.11 Å². The van der Waals surface area contributed by atoms with E-state index < -0.39 is 5.60 Å². The van der Waals surface area contributed by atoms with E-state index in [0.29, 0.717) is 6.04 Å². The molecule has 19 heavy (non-hydrogen) atoms. The van der Waals surface area contributed by atoms with Gasteiger partial charge in [-0.3, -0.25) is 0 Å². The minimum atomic E-state index is -0.557. The molecule has 0 aromatic heterocycles. The molecule has 3 rings (SSSR count). The molecule has 2 atom stereocenters. The van der Waals surface area contributed by atoms with Gasteiger partial charge in [-0.25, -0.2) is 0 Å². The van der Waals surface area contributed by atoms with Crippen LogP contribution in [0.5, 0.6) is 0 Å². The SMILES string of the molecule is C[C@H]1Cc2ccccc2N1C[C@]1(O)CCCN(C)C1. The average molecular weight is 260 g/mol. The van der Waals surface area contributed by atoms with Gasteiger partial charge in [-0.05, 0) is 51.4 Å². The predicted molar refractivity (Wildman–Crippen MR) is 78.6 cm³/mol. The summed E-state index contributed by atoms with van der Waals surface area (Å²) in [5, 5.41) is 10.9. The van der Waals surface area contributed by atoms with E-state index in [2.05, 4.69) is 48.0 Å². The second-order valence-electron chi connectivity index (χ2n) is 6.38. The maximum Gasteiger partial charge on any atom is 0.0948 e. The molecule has 0 unspecified atom stereocenters. The molecule has 3 nitrogen and oxygen atoms in total. The van der Waals surface area contributed by atoms with Crippen LogP contribution in [0.3, 0.4) is 0 Å². The van der Waals surface area contributed by atoms with Crippen LogP contribution in [0.1, 0.15) is 25.3 Å². The fourth-order valence-electron chi connectivity index (χ4n) is 3.66. The van der Waals surface area contributed by atoms with Crippen molar-refractivity contribution in [1.29, 1.82) is 0 Å². The van der Waals surface area contributed by atoms with Gasteiger partial charge in [-0.2, -0.15) is 0 Å². The van der Waals surface area contributed by atoms with Crippen LogP contribution in [-0.2, 0) is 6.42 Å². The molecular formula is C16H24N2O. The molecule has 0 saturated carbocycles. The Morgan fingerprint density at radius 1 is 1.37 bits per heavy atom. The molecule has 1 fully saturated rings. The Balaban J connectivity index is 1.79. The molecular weight excluding hydrogens is 236 g/mol. The Morgan fingerprint density at radius 3 is 2.95 bits per heavy atom. The molecule has 2 heterocycles. The number of nitrogens with zero attached hydrogens (tertiary/aromatic N) is 2. The number of para-hydroxylation sites is 1. The van der Waals surface area contributed by atoms with Gasteiger partial charge in [-0.1, -0.05) is 18.2 Å². The van der Waals surface area contributed by atoms with Gasteiger partial charge in [0, 0.05) is 24.8 Å². The molecule has 104 valence electrons. The number of likely N-dealkylation sites (tertiary alicyclic amines) is 1. The predicted octanol–water partition coefficient (Wildman–Crippen LogP) is 1.89. The Morgan fingerprint density at radius 2 is 2.16 bits per heavy atom. The summed E-state index contributed by atoms with van der Waals surface area (Å²) in [4.78, 5) is 4.64. The molecule has 2 aliphatic heterocycles. The Kier molecular flexibility index (Phi) is 3.27. The van der Waals surface area contributed by atoms with Crippen LogP contribution in [0.25, 0.3) is 0 Å². The number of likely N-dealkylation sites (N-methyl/N-ethyl adjacent to an activating group) is 1. The first-order valence-corrected chi connectivity index (χ1v) is 7.33. The Labute approximate surface area is 115 Å². The van der Waals surface area contributed by atoms with Gasteiger partial charge in [0.1, 0.15) is 0 Å². The number of rotatable bonds is 2. The van der Waals surface area contributed by atoms with E-state index >= 15 is 0 Å². The number of fused-ring (bicyclic) bond motifs is 1. The first kappa shape index (κ1) is 12.9. The molecule has 1 saturated heterocycles. The fourth-order valence-corrected chi connectivity index (χ4v) is 3.66. The minimum Gasteiger partial charge on any atom is -0.387 e. The van der Waals surface area contributed by atoms with Crippen molar-refractivity contribution in [2.45, 2.75) is 37.8 Å². The van der Waals surface area contributed by atoms with Crippen molar-refractivity contribution in [3.63, 3.8) is 0 Å². The van der Waals surface area contributed by atoms with Gasteiger partial charge in [0.2, 0.25) is 0 Å². The lowest BCUT2D eigenvalue weighted by atomic mass is 9.92. The zero-order valence-corrected chi connectivity index (χ0v) is 12.0. The molecule has 1 aromatic carbocycles. The molecule has 0 bridgehead atoms. The zero-order valence-electron chi connectivity index (χ0n) is 12.0. The first-order valence-electron chi connectivity index (χ1n) is 7.33. The summed E-state index contributed by atoms with van der Waals surface area (Å²) in [5.74, 6) is 0. The molecule has 0 aliphatic carbocycles. The summed E-state index contributed by atoms with van der Waals surface area (Å²) in [7, 11) is 2.10. The van der Waals surface area contributed by atoms with Gasteiger partial charge in [0.25, 0.3) is 0 Å². The van der Waals surface area contributed by atoms with E-state index in [1.165, 1.54) is 11.3 Å². The lowest BCUT2D eigenvalue weighted by Crippen LogP contribution is -2.54. The van der Waals surface area contributed by atoms with Crippen molar-refractivity contribution in [3.05, 3.63) is 29.8 Å². The number of hydrogen-bond acceptors (Lipinski definition) is 3. The third kappa shape index (κ3) is 2.49. The minimum absolute atomic E-state index is 0.494. The van der Waals surface area contributed by atoms with E-state index in [0.717, 1.165) is 38.9 Å². The second kappa shape index (κ2) is 4.80. The molecule has 0 radical (unpaired) electrons. The van der Waals surface area contributed by atoms with E-state index in [-0.39, 0.29) is 0 Å². The monoisotopic (exact) mass is 260 g/mol. The summed E-state index contributed by atoms with van der Waals surface area (Å²) in [6, 6.07) is 9.10. The van der Waals surface area contributed by atoms with Crippen molar-refractivity contribution in [1.82, 2.24) is 4.90 Å². The number of β-amino-alcohol motifs (C(OH)–C–C–N with tert-alkyl or cyclic N) is 1. The number of aliphatic hydroxyl groups is 1. The Bertz CT molecular complexity index is 462. The van der Waals surface area contributed by atoms with Crippen molar-refractivity contribution in [2.75, 3.05) is 31.6 Å². The maximum absolute atomic E-state index is 10.9. The van der Waals surface area contributed by atoms with Crippen molar-refractivity contribution >= 4 is 5.69 Å². The van der Waals surface area contributed by atoms with Crippen LogP contribution in [-0.4, -0.2) is 48.3 Å². The largest absolute Gasteiger partial charge is 0.387 e. The van der Waals surface area contributed by atoms with Gasteiger partial charge in [-0.15, -0.1) is 0 Å². The smallest absolute Gasteiger partial charge is 0.0948 e. The van der Waals surface area contributed by atoms with Gasteiger partial charge >= 0.3 is 0 Å². The number of piperidine rings is 1. The average Bonchev–Trinajstić information content (AvgIpc) is 2.65. The summed E-state index contributed by atoms with van der Waals surface area (Å²) in [6.45, 7) is 4.91.